The Kier molecular flexibility index (Phi) is 7.52. The molecule has 10 heteroatoms. The monoisotopic (exact) mass is 592 g/mol. The van der Waals surface area contributed by atoms with Gasteiger partial charge in [-0.05, 0) is 72.2 Å². The maximum atomic E-state index is 13.1. The normalized spacial score (nSPS) is 14.9. The van der Waals surface area contributed by atoms with Crippen LogP contribution in [-0.4, -0.2) is 17.8 Å². The van der Waals surface area contributed by atoms with Crippen LogP contribution in [0.5, 0.6) is 5.75 Å². The van der Waals surface area contributed by atoms with Crippen LogP contribution in [0.1, 0.15) is 16.7 Å². The standard InChI is InChI=1S/C25H16BrCl3N2O4/c1-13-8-17(6-7-19(13)26)31-24(33)18(23(32)30-25(31)34)9-15-10-20(28)22(21(29)11-15)35-12-14-2-4-16(27)5-3-14/h2-11H,12H2,1H3,(H,30,32,34)/b18-9+. The molecule has 6 nitrogen and oxygen atoms in total. The first-order valence-electron chi connectivity index (χ1n) is 10.2. The minimum atomic E-state index is -0.833. The second-order valence-electron chi connectivity index (χ2n) is 7.62. The molecule has 0 bridgehead atoms. The average Bonchev–Trinajstić information content (AvgIpc) is 2.79. The van der Waals surface area contributed by atoms with Gasteiger partial charge in [-0.1, -0.05) is 62.9 Å². The number of halogens is 4. The molecule has 0 saturated carbocycles. The van der Waals surface area contributed by atoms with Crippen LogP contribution >= 0.6 is 50.7 Å². The van der Waals surface area contributed by atoms with Crippen LogP contribution in [0.4, 0.5) is 10.5 Å². The predicted molar refractivity (Wildman–Crippen MR) is 140 cm³/mol. The number of ether oxygens (including phenoxy) is 1. The lowest BCUT2D eigenvalue weighted by Gasteiger charge is -2.26. The molecule has 0 aromatic heterocycles. The van der Waals surface area contributed by atoms with Gasteiger partial charge in [0.1, 0.15) is 12.2 Å². The summed E-state index contributed by atoms with van der Waals surface area (Å²) < 4.78 is 6.58. The van der Waals surface area contributed by atoms with Crippen molar-refractivity contribution in [3.63, 3.8) is 0 Å². The Morgan fingerprint density at radius 1 is 0.971 bits per heavy atom. The Labute approximate surface area is 224 Å². The van der Waals surface area contributed by atoms with Crippen molar-refractivity contribution in [2.45, 2.75) is 13.5 Å². The summed E-state index contributed by atoms with van der Waals surface area (Å²) in [6.07, 6.45) is 1.32. The number of carbonyl (C=O) groups excluding carboxylic acids is 3. The van der Waals surface area contributed by atoms with Gasteiger partial charge in [-0.2, -0.15) is 0 Å². The number of rotatable bonds is 5. The molecule has 0 atom stereocenters. The van der Waals surface area contributed by atoms with E-state index in [1.165, 1.54) is 18.2 Å². The van der Waals surface area contributed by atoms with Gasteiger partial charge in [-0.3, -0.25) is 14.9 Å². The van der Waals surface area contributed by atoms with Crippen molar-refractivity contribution in [1.82, 2.24) is 5.32 Å². The second kappa shape index (κ2) is 10.4. The van der Waals surface area contributed by atoms with Crippen molar-refractivity contribution in [1.29, 1.82) is 0 Å². The molecule has 0 radical (unpaired) electrons. The molecule has 3 aromatic carbocycles. The van der Waals surface area contributed by atoms with Crippen molar-refractivity contribution in [3.05, 3.63) is 96.4 Å². The highest BCUT2D eigenvalue weighted by molar-refractivity contribution is 9.10. The Bertz CT molecular complexity index is 1370. The third-order valence-electron chi connectivity index (χ3n) is 5.13. The number of amides is 4. The van der Waals surface area contributed by atoms with Crippen molar-refractivity contribution >= 4 is 80.3 Å². The summed E-state index contributed by atoms with van der Waals surface area (Å²) in [4.78, 5) is 39.0. The van der Waals surface area contributed by atoms with Crippen molar-refractivity contribution in [2.75, 3.05) is 4.90 Å². The van der Waals surface area contributed by atoms with E-state index >= 15 is 0 Å². The van der Waals surface area contributed by atoms with Gasteiger partial charge in [-0.25, -0.2) is 9.69 Å². The Hall–Kier alpha value is -2.84. The molecule has 1 saturated heterocycles. The molecule has 0 aliphatic carbocycles. The number of imide groups is 2. The molecule has 1 aliphatic heterocycles. The highest BCUT2D eigenvalue weighted by Gasteiger charge is 2.37. The van der Waals surface area contributed by atoms with Gasteiger partial charge in [0.15, 0.2) is 5.75 Å². The van der Waals surface area contributed by atoms with Crippen LogP contribution in [-0.2, 0) is 16.2 Å². The van der Waals surface area contributed by atoms with Crippen molar-refractivity contribution < 1.29 is 19.1 Å². The number of anilines is 1. The van der Waals surface area contributed by atoms with E-state index < -0.39 is 17.8 Å². The van der Waals surface area contributed by atoms with Gasteiger partial charge in [0.05, 0.1) is 15.7 Å². The summed E-state index contributed by atoms with van der Waals surface area (Å²) in [5, 5.41) is 3.19. The zero-order valence-corrected chi connectivity index (χ0v) is 21.9. The maximum Gasteiger partial charge on any atom is 0.335 e. The summed E-state index contributed by atoms with van der Waals surface area (Å²) in [6.45, 7) is 2.03. The summed E-state index contributed by atoms with van der Waals surface area (Å²) in [7, 11) is 0. The van der Waals surface area contributed by atoms with E-state index in [-0.39, 0.29) is 28.0 Å². The van der Waals surface area contributed by atoms with Crippen molar-refractivity contribution in [2.24, 2.45) is 0 Å². The molecule has 1 N–H and O–H groups in total. The zero-order valence-electron chi connectivity index (χ0n) is 18.1. The van der Waals surface area contributed by atoms with E-state index in [2.05, 4.69) is 21.2 Å². The number of carbonyl (C=O) groups is 3. The highest BCUT2D eigenvalue weighted by atomic mass is 79.9. The number of aryl methyl sites for hydroxylation is 1. The fraction of sp³-hybridized carbons (Fsp3) is 0.0800. The minimum absolute atomic E-state index is 0.193. The summed E-state index contributed by atoms with van der Waals surface area (Å²) in [5.74, 6) is -1.33. The molecule has 0 unspecified atom stereocenters. The van der Waals surface area contributed by atoms with E-state index in [1.54, 1.807) is 30.3 Å². The topological polar surface area (TPSA) is 75.7 Å². The highest BCUT2D eigenvalue weighted by Crippen LogP contribution is 2.36. The molecule has 35 heavy (non-hydrogen) atoms. The summed E-state index contributed by atoms with van der Waals surface area (Å²) in [6, 6.07) is 14.3. The number of nitrogens with one attached hydrogen (secondary N) is 1. The third kappa shape index (κ3) is 5.54. The second-order valence-corrected chi connectivity index (χ2v) is 9.73. The average molecular weight is 595 g/mol. The van der Waals surface area contributed by atoms with Crippen LogP contribution in [0.15, 0.2) is 64.6 Å². The fourth-order valence-corrected chi connectivity index (χ4v) is 4.35. The molecule has 0 spiro atoms. The molecule has 1 fully saturated rings. The van der Waals surface area contributed by atoms with Gasteiger partial charge >= 0.3 is 6.03 Å². The molecule has 4 amide bonds. The first-order valence-corrected chi connectivity index (χ1v) is 12.1. The van der Waals surface area contributed by atoms with E-state index in [0.29, 0.717) is 16.3 Å². The van der Waals surface area contributed by atoms with Crippen LogP contribution < -0.4 is 15.0 Å². The van der Waals surface area contributed by atoms with Gasteiger partial charge in [-0.15, -0.1) is 0 Å². The first-order chi connectivity index (χ1) is 16.6. The lowest BCUT2D eigenvalue weighted by atomic mass is 10.1. The van der Waals surface area contributed by atoms with Crippen LogP contribution in [0.3, 0.4) is 0 Å². The number of nitrogens with zero attached hydrogens (tertiary/aromatic N) is 1. The largest absolute Gasteiger partial charge is 0.486 e. The molecule has 178 valence electrons. The number of hydrogen-bond donors (Lipinski definition) is 1. The lowest BCUT2D eigenvalue weighted by Crippen LogP contribution is -2.54. The summed E-state index contributed by atoms with van der Waals surface area (Å²) in [5.41, 5.74) is 2.16. The summed E-state index contributed by atoms with van der Waals surface area (Å²) >= 11 is 22.0. The Morgan fingerprint density at radius 3 is 2.26 bits per heavy atom. The smallest absolute Gasteiger partial charge is 0.335 e. The third-order valence-corrected chi connectivity index (χ3v) is 6.83. The minimum Gasteiger partial charge on any atom is -0.486 e. The quantitative estimate of drug-likeness (QED) is 0.256. The Morgan fingerprint density at radius 2 is 1.63 bits per heavy atom. The van der Waals surface area contributed by atoms with Crippen molar-refractivity contribution in [3.8, 4) is 5.75 Å². The number of hydrogen-bond acceptors (Lipinski definition) is 4. The molecular formula is C25H16BrCl3N2O4. The lowest BCUT2D eigenvalue weighted by molar-refractivity contribution is -0.122. The maximum absolute atomic E-state index is 13.1. The van der Waals surface area contributed by atoms with E-state index in [9.17, 15) is 14.4 Å². The zero-order chi connectivity index (χ0) is 25.3. The molecule has 1 heterocycles. The fourth-order valence-electron chi connectivity index (χ4n) is 3.36. The molecule has 4 rings (SSSR count). The van der Waals surface area contributed by atoms with Gasteiger partial charge in [0.2, 0.25) is 0 Å². The predicted octanol–water partition coefficient (Wildman–Crippen LogP) is 6.96. The number of barbiturate groups is 1. The molecule has 3 aromatic rings. The van der Waals surface area contributed by atoms with E-state index in [4.69, 9.17) is 39.5 Å². The molecule has 1 aliphatic rings. The van der Waals surface area contributed by atoms with Crippen LogP contribution in [0.25, 0.3) is 6.08 Å². The van der Waals surface area contributed by atoms with Gasteiger partial charge < -0.3 is 4.74 Å². The number of urea groups is 1. The van der Waals surface area contributed by atoms with E-state index in [1.807, 2.05) is 19.1 Å². The van der Waals surface area contributed by atoms with Gasteiger partial charge in [0, 0.05) is 9.50 Å². The van der Waals surface area contributed by atoms with Gasteiger partial charge in [0.25, 0.3) is 11.8 Å². The SMILES string of the molecule is Cc1cc(N2C(=O)NC(=O)/C(=C\c3cc(Cl)c(OCc4ccc(Cl)cc4)c(Cl)c3)C2=O)ccc1Br. The van der Waals surface area contributed by atoms with Crippen LogP contribution in [0.2, 0.25) is 15.1 Å². The van der Waals surface area contributed by atoms with E-state index in [0.717, 1.165) is 20.5 Å². The van der Waals surface area contributed by atoms with Crippen LogP contribution in [0, 0.1) is 6.92 Å². The molecular weight excluding hydrogens is 579 g/mol. The number of benzene rings is 3. The Balaban J connectivity index is 1.61. The first kappa shape index (κ1) is 25.3.